The second-order valence-electron chi connectivity index (χ2n) is 5.82. The number of ketones is 1. The van der Waals surface area contributed by atoms with Gasteiger partial charge in [0.15, 0.2) is 22.4 Å². The highest BCUT2D eigenvalue weighted by Crippen LogP contribution is 2.25. The van der Waals surface area contributed by atoms with Crippen molar-refractivity contribution in [2.24, 2.45) is 0 Å². The number of carbonyl (C=O) groups excluding carboxylic acids is 2. The number of anilines is 1. The first-order chi connectivity index (χ1) is 11.8. The van der Waals surface area contributed by atoms with E-state index in [1.54, 1.807) is 13.0 Å². The zero-order valence-electron chi connectivity index (χ0n) is 14.3. The van der Waals surface area contributed by atoms with E-state index in [4.69, 9.17) is 4.52 Å². The zero-order valence-corrected chi connectivity index (χ0v) is 15.2. The maximum absolute atomic E-state index is 12.3. The van der Waals surface area contributed by atoms with E-state index in [1.807, 2.05) is 32.0 Å². The van der Waals surface area contributed by atoms with Gasteiger partial charge in [0.25, 0.3) is 5.91 Å². The van der Waals surface area contributed by atoms with Crippen LogP contribution in [0.15, 0.2) is 28.8 Å². The average molecular weight is 355 g/mol. The van der Waals surface area contributed by atoms with Gasteiger partial charge in [-0.2, -0.15) is 0 Å². The minimum atomic E-state index is -0.428. The van der Waals surface area contributed by atoms with Crippen molar-refractivity contribution in [2.75, 3.05) is 5.32 Å². The van der Waals surface area contributed by atoms with Crippen LogP contribution in [0.25, 0.3) is 11.3 Å². The fourth-order valence-electron chi connectivity index (χ4n) is 2.35. The molecule has 6 nitrogen and oxygen atoms in total. The van der Waals surface area contributed by atoms with Crippen LogP contribution < -0.4 is 5.32 Å². The summed E-state index contributed by atoms with van der Waals surface area (Å²) in [7, 11) is 0. The lowest BCUT2D eigenvalue weighted by molar-refractivity contribution is 0.101. The van der Waals surface area contributed by atoms with Crippen LogP contribution in [0.4, 0.5) is 5.13 Å². The number of aromatic nitrogens is 2. The summed E-state index contributed by atoms with van der Waals surface area (Å²) in [6.07, 6.45) is 0. The van der Waals surface area contributed by atoms with Gasteiger partial charge in [0.2, 0.25) is 0 Å². The SMILES string of the molecule is CC(=O)c1sc(NC(=O)c2cc(-c3ccc(C)c(C)c3)on2)nc1C. The lowest BCUT2D eigenvalue weighted by Crippen LogP contribution is -2.11. The standard InChI is InChI=1S/C18H17N3O3S/c1-9-5-6-13(7-10(9)2)15-8-14(21-24-15)17(23)20-18-19-11(3)16(25-18)12(4)22/h5-8H,1-4H3,(H,19,20,23). The minimum absolute atomic E-state index is 0.0750. The summed E-state index contributed by atoms with van der Waals surface area (Å²) < 4.78 is 5.29. The number of aryl methyl sites for hydroxylation is 3. The number of nitrogens with one attached hydrogen (secondary N) is 1. The third kappa shape index (κ3) is 3.51. The quantitative estimate of drug-likeness (QED) is 0.710. The molecular weight excluding hydrogens is 338 g/mol. The van der Waals surface area contributed by atoms with Gasteiger partial charge in [0.1, 0.15) is 0 Å². The van der Waals surface area contributed by atoms with E-state index in [2.05, 4.69) is 15.5 Å². The van der Waals surface area contributed by atoms with E-state index >= 15 is 0 Å². The van der Waals surface area contributed by atoms with Gasteiger partial charge in [-0.15, -0.1) is 0 Å². The molecule has 7 heteroatoms. The van der Waals surface area contributed by atoms with Gasteiger partial charge in [0.05, 0.1) is 10.6 Å². The summed E-state index contributed by atoms with van der Waals surface area (Å²) in [5, 5.41) is 6.85. The van der Waals surface area contributed by atoms with Crippen LogP contribution in [0.2, 0.25) is 0 Å². The molecule has 0 bridgehead atoms. The molecule has 3 aromatic rings. The molecule has 2 heterocycles. The van der Waals surface area contributed by atoms with Crippen molar-refractivity contribution in [2.45, 2.75) is 27.7 Å². The highest BCUT2D eigenvalue weighted by molar-refractivity contribution is 7.17. The van der Waals surface area contributed by atoms with Crippen molar-refractivity contribution < 1.29 is 14.1 Å². The van der Waals surface area contributed by atoms with Crippen LogP contribution >= 0.6 is 11.3 Å². The van der Waals surface area contributed by atoms with Gasteiger partial charge in [-0.3, -0.25) is 14.9 Å². The minimum Gasteiger partial charge on any atom is -0.355 e. The maximum atomic E-state index is 12.3. The van der Waals surface area contributed by atoms with Crippen LogP contribution in [-0.2, 0) is 0 Å². The van der Waals surface area contributed by atoms with Crippen LogP contribution in [-0.4, -0.2) is 21.8 Å². The molecule has 25 heavy (non-hydrogen) atoms. The van der Waals surface area contributed by atoms with Crippen molar-refractivity contribution in [3.63, 3.8) is 0 Å². The van der Waals surface area contributed by atoms with Gasteiger partial charge in [-0.05, 0) is 38.0 Å². The molecule has 0 aliphatic rings. The molecule has 0 radical (unpaired) electrons. The second kappa shape index (κ2) is 6.60. The number of amides is 1. The third-order valence-corrected chi connectivity index (χ3v) is 5.04. The molecule has 0 atom stereocenters. The molecule has 1 N–H and O–H groups in total. The van der Waals surface area contributed by atoms with Gasteiger partial charge >= 0.3 is 0 Å². The Morgan fingerprint density at radius 2 is 1.88 bits per heavy atom. The molecule has 0 unspecified atom stereocenters. The summed E-state index contributed by atoms with van der Waals surface area (Å²) in [6.45, 7) is 7.25. The number of nitrogens with zero attached hydrogens (tertiary/aromatic N) is 2. The smallest absolute Gasteiger partial charge is 0.279 e. The maximum Gasteiger partial charge on any atom is 0.279 e. The third-order valence-electron chi connectivity index (χ3n) is 3.87. The second-order valence-corrected chi connectivity index (χ2v) is 6.82. The van der Waals surface area contributed by atoms with Crippen molar-refractivity contribution in [3.05, 3.63) is 51.7 Å². The van der Waals surface area contributed by atoms with E-state index in [1.165, 1.54) is 12.5 Å². The molecular formula is C18H17N3O3S. The first-order valence-electron chi connectivity index (χ1n) is 7.69. The van der Waals surface area contributed by atoms with Crippen LogP contribution in [0.5, 0.6) is 0 Å². The van der Waals surface area contributed by atoms with Crippen molar-refractivity contribution in [3.8, 4) is 11.3 Å². The number of benzene rings is 1. The Balaban J connectivity index is 1.79. The van der Waals surface area contributed by atoms with Gasteiger partial charge in [-0.1, -0.05) is 28.6 Å². The van der Waals surface area contributed by atoms with Crippen molar-refractivity contribution in [1.82, 2.24) is 10.1 Å². The summed E-state index contributed by atoms with van der Waals surface area (Å²) in [4.78, 5) is 28.5. The van der Waals surface area contributed by atoms with Gasteiger partial charge in [-0.25, -0.2) is 4.98 Å². The van der Waals surface area contributed by atoms with Crippen LogP contribution in [0.1, 0.15) is 43.9 Å². The summed E-state index contributed by atoms with van der Waals surface area (Å²) in [5.74, 6) is 0.0182. The largest absolute Gasteiger partial charge is 0.355 e. The molecule has 0 saturated carbocycles. The van der Waals surface area contributed by atoms with E-state index in [9.17, 15) is 9.59 Å². The van der Waals surface area contributed by atoms with E-state index < -0.39 is 5.91 Å². The Morgan fingerprint density at radius 3 is 2.52 bits per heavy atom. The van der Waals surface area contributed by atoms with Crippen LogP contribution in [0.3, 0.4) is 0 Å². The van der Waals surface area contributed by atoms with Gasteiger partial charge < -0.3 is 4.52 Å². The molecule has 2 aromatic heterocycles. The first-order valence-corrected chi connectivity index (χ1v) is 8.51. The number of hydrogen-bond donors (Lipinski definition) is 1. The van der Waals surface area contributed by atoms with Gasteiger partial charge in [0, 0.05) is 18.6 Å². The topological polar surface area (TPSA) is 85.1 Å². The lowest BCUT2D eigenvalue weighted by atomic mass is 10.0. The van der Waals surface area contributed by atoms with E-state index in [-0.39, 0.29) is 11.5 Å². The summed E-state index contributed by atoms with van der Waals surface area (Å²) in [5.41, 5.74) is 3.93. The molecule has 1 amide bonds. The number of carbonyl (C=O) groups is 2. The Morgan fingerprint density at radius 1 is 1.12 bits per heavy atom. The number of rotatable bonds is 4. The predicted molar refractivity (Wildman–Crippen MR) is 96.2 cm³/mol. The Hall–Kier alpha value is -2.80. The lowest BCUT2D eigenvalue weighted by Gasteiger charge is -2.01. The molecule has 0 fully saturated rings. The highest BCUT2D eigenvalue weighted by Gasteiger charge is 2.18. The van der Waals surface area contributed by atoms with Crippen LogP contribution in [0, 0.1) is 20.8 Å². The fourth-order valence-corrected chi connectivity index (χ4v) is 3.21. The van der Waals surface area contributed by atoms with E-state index in [0.29, 0.717) is 21.5 Å². The first kappa shape index (κ1) is 17.0. The van der Waals surface area contributed by atoms with Crippen molar-refractivity contribution >= 4 is 28.2 Å². The van der Waals surface area contributed by atoms with E-state index in [0.717, 1.165) is 22.5 Å². The molecule has 0 aliphatic carbocycles. The predicted octanol–water partition coefficient (Wildman–Crippen LogP) is 4.18. The molecule has 0 aliphatic heterocycles. The number of Topliss-reactive ketones (excluding diaryl/α,β-unsaturated/α-hetero) is 1. The Kier molecular flexibility index (Phi) is 4.50. The summed E-state index contributed by atoms with van der Waals surface area (Å²) in [6, 6.07) is 7.50. The summed E-state index contributed by atoms with van der Waals surface area (Å²) >= 11 is 1.15. The fraction of sp³-hybridized carbons (Fsp3) is 0.222. The Bertz CT molecular complexity index is 972. The molecule has 0 spiro atoms. The zero-order chi connectivity index (χ0) is 18.1. The molecule has 0 saturated heterocycles. The molecule has 128 valence electrons. The number of thiazole rings is 1. The molecule has 3 rings (SSSR count). The average Bonchev–Trinajstić information content (AvgIpc) is 3.17. The van der Waals surface area contributed by atoms with Crippen molar-refractivity contribution in [1.29, 1.82) is 0 Å². The number of hydrogen-bond acceptors (Lipinski definition) is 6. The Labute approximate surface area is 148 Å². The monoisotopic (exact) mass is 355 g/mol. The highest BCUT2D eigenvalue weighted by atomic mass is 32.1. The normalized spacial score (nSPS) is 10.7. The molecule has 1 aromatic carbocycles.